The molecule has 1 aromatic carbocycles. The zero-order valence-electron chi connectivity index (χ0n) is 15.9. The van der Waals surface area contributed by atoms with Crippen LogP contribution in [0.25, 0.3) is 10.9 Å². The minimum atomic E-state index is 0.0557. The number of hydrogen-bond donors (Lipinski definition) is 1. The summed E-state index contributed by atoms with van der Waals surface area (Å²) in [5.41, 5.74) is 2.54. The molecule has 5 heteroatoms. The second-order valence-corrected chi connectivity index (χ2v) is 8.40. The molecule has 2 aromatic rings. The normalized spacial score (nSPS) is 20.5. The third kappa shape index (κ3) is 4.44. The van der Waals surface area contributed by atoms with E-state index in [-0.39, 0.29) is 5.78 Å². The molecule has 1 fully saturated rings. The molecule has 1 aliphatic carbocycles. The Morgan fingerprint density at radius 3 is 2.69 bits per heavy atom. The number of benzene rings is 1. The van der Waals surface area contributed by atoms with E-state index in [0.29, 0.717) is 11.6 Å². The Bertz CT molecular complexity index is 784. The summed E-state index contributed by atoms with van der Waals surface area (Å²) >= 11 is 3.55. The maximum absolute atomic E-state index is 12.1. The van der Waals surface area contributed by atoms with Gasteiger partial charge in [0.2, 0.25) is 0 Å². The Morgan fingerprint density at radius 1 is 1.31 bits per heavy atom. The molecule has 1 aliphatic rings. The minimum Gasteiger partial charge on any atom is -0.381 e. The number of rotatable bonds is 6. The van der Waals surface area contributed by atoms with Crippen molar-refractivity contribution in [1.82, 2.24) is 9.88 Å². The van der Waals surface area contributed by atoms with Crippen LogP contribution < -0.4 is 5.32 Å². The Labute approximate surface area is 164 Å². The lowest BCUT2D eigenvalue weighted by molar-refractivity contribution is 0.101. The molecule has 0 spiro atoms. The highest BCUT2D eigenvalue weighted by Crippen LogP contribution is 2.33. The van der Waals surface area contributed by atoms with E-state index in [2.05, 4.69) is 51.2 Å². The van der Waals surface area contributed by atoms with E-state index in [0.717, 1.165) is 46.4 Å². The molecule has 4 nitrogen and oxygen atoms in total. The first-order valence-electron chi connectivity index (χ1n) is 9.52. The first kappa shape index (κ1) is 19.3. The first-order chi connectivity index (χ1) is 12.5. The minimum absolute atomic E-state index is 0.0557. The smallest absolute Gasteiger partial charge is 0.163 e. The number of hydrogen-bond acceptors (Lipinski definition) is 4. The van der Waals surface area contributed by atoms with E-state index in [4.69, 9.17) is 0 Å². The molecule has 1 saturated carbocycles. The molecule has 0 radical (unpaired) electrons. The highest BCUT2D eigenvalue weighted by molar-refractivity contribution is 9.10. The van der Waals surface area contributed by atoms with Gasteiger partial charge in [0, 0.05) is 28.6 Å². The predicted octanol–water partition coefficient (Wildman–Crippen LogP) is 5.12. The topological polar surface area (TPSA) is 45.2 Å². The zero-order valence-corrected chi connectivity index (χ0v) is 17.5. The number of nitrogens with one attached hydrogen (secondary N) is 1. The van der Waals surface area contributed by atoms with Crippen molar-refractivity contribution in [3.8, 4) is 0 Å². The molecule has 26 heavy (non-hydrogen) atoms. The van der Waals surface area contributed by atoms with E-state index < -0.39 is 0 Å². The summed E-state index contributed by atoms with van der Waals surface area (Å²) in [6.07, 6.45) is 6.49. The first-order valence-corrected chi connectivity index (χ1v) is 10.3. The summed E-state index contributed by atoms with van der Waals surface area (Å²) in [5, 5.41) is 4.71. The number of ketones is 1. The van der Waals surface area contributed by atoms with E-state index in [1.807, 2.05) is 12.1 Å². The van der Waals surface area contributed by atoms with E-state index >= 15 is 0 Å². The van der Waals surface area contributed by atoms with Crippen molar-refractivity contribution in [2.45, 2.75) is 45.6 Å². The number of pyridine rings is 1. The molecule has 1 heterocycles. The van der Waals surface area contributed by atoms with E-state index in [1.165, 1.54) is 19.4 Å². The van der Waals surface area contributed by atoms with Crippen LogP contribution in [0.15, 0.2) is 28.9 Å². The molecule has 0 aliphatic heterocycles. The number of Topliss-reactive ketones (excluding diaryl/α,β-unsaturated/α-hetero) is 1. The van der Waals surface area contributed by atoms with Gasteiger partial charge < -0.3 is 10.2 Å². The van der Waals surface area contributed by atoms with E-state index in [9.17, 15) is 4.79 Å². The number of fused-ring (bicyclic) bond motifs is 1. The third-order valence-corrected chi connectivity index (χ3v) is 6.01. The third-order valence-electron chi connectivity index (χ3n) is 5.51. The molecule has 0 unspecified atom stereocenters. The highest BCUT2D eigenvalue weighted by Gasteiger charge is 2.23. The maximum Gasteiger partial charge on any atom is 0.163 e. The fraction of sp³-hybridized carbons (Fsp3) is 0.524. The summed E-state index contributed by atoms with van der Waals surface area (Å²) in [5.74, 6) is 0.841. The fourth-order valence-electron chi connectivity index (χ4n) is 3.85. The maximum atomic E-state index is 12.1. The number of halogens is 1. The fourth-order valence-corrected chi connectivity index (χ4v) is 4.21. The van der Waals surface area contributed by atoms with Gasteiger partial charge in [0.1, 0.15) is 0 Å². The second kappa shape index (κ2) is 8.49. The van der Waals surface area contributed by atoms with Gasteiger partial charge in [-0.15, -0.1) is 0 Å². The lowest BCUT2D eigenvalue weighted by atomic mass is 9.85. The van der Waals surface area contributed by atoms with E-state index in [1.54, 1.807) is 13.1 Å². The van der Waals surface area contributed by atoms with Gasteiger partial charge in [-0.3, -0.25) is 9.78 Å². The van der Waals surface area contributed by atoms with Crippen LogP contribution in [0.3, 0.4) is 0 Å². The van der Waals surface area contributed by atoms with Crippen LogP contribution in [0.4, 0.5) is 5.69 Å². The number of carbonyl (C=O) groups is 1. The summed E-state index contributed by atoms with van der Waals surface area (Å²) in [6.45, 7) is 6.12. The summed E-state index contributed by atoms with van der Waals surface area (Å²) in [6, 6.07) is 6.45. The molecule has 3 rings (SSSR count). The predicted molar refractivity (Wildman–Crippen MR) is 112 cm³/mol. The molecule has 0 saturated heterocycles. The molecule has 0 amide bonds. The molecular weight excluding hydrogens is 390 g/mol. The van der Waals surface area contributed by atoms with Crippen molar-refractivity contribution in [1.29, 1.82) is 0 Å². The highest BCUT2D eigenvalue weighted by atomic mass is 79.9. The lowest BCUT2D eigenvalue weighted by Gasteiger charge is -2.32. The Kier molecular flexibility index (Phi) is 6.30. The van der Waals surface area contributed by atoms with Gasteiger partial charge in [-0.05, 0) is 70.3 Å². The molecule has 0 atom stereocenters. The van der Waals surface area contributed by atoms with Crippen molar-refractivity contribution in [2.75, 3.05) is 25.5 Å². The summed E-state index contributed by atoms with van der Waals surface area (Å²) in [7, 11) is 2.20. The zero-order chi connectivity index (χ0) is 18.7. The average molecular weight is 418 g/mol. The van der Waals surface area contributed by atoms with Gasteiger partial charge in [-0.25, -0.2) is 0 Å². The van der Waals surface area contributed by atoms with Crippen molar-refractivity contribution < 1.29 is 4.79 Å². The Hall–Kier alpha value is -1.46. The standard InChI is InChI=1S/C21H28BrN3O/c1-4-25(3)13-15-5-8-17(9-6-15)24-21-18-11-16(22)7-10-20(18)23-12-19(21)14(2)26/h7,10-12,15,17H,4-6,8-9,13H2,1-3H3,(H,23,24). The van der Waals surface area contributed by atoms with Gasteiger partial charge in [0.15, 0.2) is 5.78 Å². The van der Waals surface area contributed by atoms with Crippen molar-refractivity contribution in [2.24, 2.45) is 5.92 Å². The van der Waals surface area contributed by atoms with Crippen molar-refractivity contribution in [3.05, 3.63) is 34.4 Å². The van der Waals surface area contributed by atoms with Gasteiger partial charge in [-0.2, -0.15) is 0 Å². The monoisotopic (exact) mass is 417 g/mol. The van der Waals surface area contributed by atoms with Crippen LogP contribution in [-0.4, -0.2) is 41.8 Å². The molecule has 0 bridgehead atoms. The Balaban J connectivity index is 1.79. The van der Waals surface area contributed by atoms with Crippen LogP contribution in [0.1, 0.15) is 49.9 Å². The molecule has 1 aromatic heterocycles. The number of carbonyl (C=O) groups excluding carboxylic acids is 1. The SMILES string of the molecule is CCN(C)CC1CCC(Nc2c(C(C)=O)cnc3ccc(Br)cc23)CC1. The van der Waals surface area contributed by atoms with Crippen molar-refractivity contribution >= 4 is 38.3 Å². The summed E-state index contributed by atoms with van der Waals surface area (Å²) < 4.78 is 1.00. The van der Waals surface area contributed by atoms with Crippen LogP contribution in [0, 0.1) is 5.92 Å². The van der Waals surface area contributed by atoms with Crippen LogP contribution in [0.2, 0.25) is 0 Å². The quantitative estimate of drug-likeness (QED) is 0.662. The number of nitrogens with zero attached hydrogens (tertiary/aromatic N) is 2. The number of aromatic nitrogens is 1. The van der Waals surface area contributed by atoms with Crippen molar-refractivity contribution in [3.63, 3.8) is 0 Å². The molecular formula is C21H28BrN3O. The van der Waals surface area contributed by atoms with Crippen LogP contribution in [-0.2, 0) is 0 Å². The van der Waals surface area contributed by atoms with Gasteiger partial charge in [0.05, 0.1) is 16.8 Å². The Morgan fingerprint density at radius 2 is 2.04 bits per heavy atom. The lowest BCUT2D eigenvalue weighted by Crippen LogP contribution is -2.32. The van der Waals surface area contributed by atoms with Gasteiger partial charge in [-0.1, -0.05) is 22.9 Å². The average Bonchev–Trinajstić information content (AvgIpc) is 2.63. The summed E-state index contributed by atoms with van der Waals surface area (Å²) in [4.78, 5) is 19.0. The second-order valence-electron chi connectivity index (χ2n) is 7.48. The van der Waals surface area contributed by atoms with Crippen LogP contribution in [0.5, 0.6) is 0 Å². The number of anilines is 1. The van der Waals surface area contributed by atoms with Gasteiger partial charge >= 0.3 is 0 Å². The largest absolute Gasteiger partial charge is 0.381 e. The van der Waals surface area contributed by atoms with Gasteiger partial charge in [0.25, 0.3) is 0 Å². The molecule has 140 valence electrons. The van der Waals surface area contributed by atoms with Crippen LogP contribution >= 0.6 is 15.9 Å². The molecule has 1 N–H and O–H groups in total.